The average Bonchev–Trinajstić information content (AvgIpc) is 3.03. The molecule has 0 unspecified atom stereocenters. The molecule has 1 aromatic carbocycles. The minimum absolute atomic E-state index is 0.221. The molecular weight excluding hydrogens is 380 g/mol. The lowest BCUT2D eigenvalue weighted by Gasteiger charge is -2.31. The standard InChI is InChI=1S/C16H20N2O4S3/c1-13-7-8-16(23-13)25(21,22)18-11-9-14(10-12-18)17-24(19,20)15-5-3-2-4-6-15/h2-8,14,17H,9-12H2,1H3. The molecule has 6 nitrogen and oxygen atoms in total. The van der Waals surface area contributed by atoms with E-state index in [1.165, 1.54) is 15.6 Å². The Kier molecular flexibility index (Phi) is 5.31. The summed E-state index contributed by atoms with van der Waals surface area (Å²) < 4.78 is 54.4. The van der Waals surface area contributed by atoms with E-state index in [-0.39, 0.29) is 10.9 Å². The van der Waals surface area contributed by atoms with Gasteiger partial charge in [0, 0.05) is 24.0 Å². The van der Waals surface area contributed by atoms with Gasteiger partial charge in [-0.05, 0) is 44.0 Å². The maximum atomic E-state index is 12.6. The van der Waals surface area contributed by atoms with Gasteiger partial charge in [-0.1, -0.05) is 18.2 Å². The number of nitrogens with zero attached hydrogens (tertiary/aromatic N) is 1. The maximum Gasteiger partial charge on any atom is 0.252 e. The molecule has 1 N–H and O–H groups in total. The van der Waals surface area contributed by atoms with E-state index in [2.05, 4.69) is 4.72 Å². The Balaban J connectivity index is 1.64. The number of nitrogens with one attached hydrogen (secondary N) is 1. The second kappa shape index (κ2) is 7.16. The van der Waals surface area contributed by atoms with Crippen LogP contribution in [0.5, 0.6) is 0 Å². The maximum absolute atomic E-state index is 12.6. The summed E-state index contributed by atoms with van der Waals surface area (Å²) in [5, 5.41) is 0. The number of aryl methyl sites for hydroxylation is 1. The molecule has 3 rings (SSSR count). The zero-order valence-corrected chi connectivity index (χ0v) is 16.2. The number of rotatable bonds is 5. The fourth-order valence-electron chi connectivity index (χ4n) is 2.78. The minimum atomic E-state index is -3.58. The number of hydrogen-bond acceptors (Lipinski definition) is 5. The Hall–Kier alpha value is -1.26. The van der Waals surface area contributed by atoms with Crippen molar-refractivity contribution in [2.75, 3.05) is 13.1 Å². The monoisotopic (exact) mass is 400 g/mol. The summed E-state index contributed by atoms with van der Waals surface area (Å²) >= 11 is 1.26. The van der Waals surface area contributed by atoms with Gasteiger partial charge in [0.05, 0.1) is 4.90 Å². The van der Waals surface area contributed by atoms with E-state index in [9.17, 15) is 16.8 Å². The van der Waals surface area contributed by atoms with Crippen LogP contribution >= 0.6 is 11.3 Å². The molecule has 136 valence electrons. The van der Waals surface area contributed by atoms with Crippen molar-refractivity contribution in [3.05, 3.63) is 47.3 Å². The van der Waals surface area contributed by atoms with Crippen LogP contribution in [0.3, 0.4) is 0 Å². The molecule has 1 saturated heterocycles. The highest BCUT2D eigenvalue weighted by Crippen LogP contribution is 2.27. The molecule has 2 aromatic rings. The number of benzene rings is 1. The van der Waals surface area contributed by atoms with Crippen LogP contribution < -0.4 is 4.72 Å². The van der Waals surface area contributed by atoms with Crippen molar-refractivity contribution in [2.24, 2.45) is 0 Å². The molecule has 25 heavy (non-hydrogen) atoms. The molecular formula is C16H20N2O4S3. The topological polar surface area (TPSA) is 83.6 Å². The highest BCUT2D eigenvalue weighted by molar-refractivity contribution is 7.91. The van der Waals surface area contributed by atoms with Crippen molar-refractivity contribution in [2.45, 2.75) is 34.9 Å². The van der Waals surface area contributed by atoms with Gasteiger partial charge in [0.1, 0.15) is 4.21 Å². The molecule has 2 heterocycles. The SMILES string of the molecule is Cc1ccc(S(=O)(=O)N2CCC(NS(=O)(=O)c3ccccc3)CC2)s1. The fourth-order valence-corrected chi connectivity index (χ4v) is 7.01. The third-order valence-corrected chi connectivity index (χ3v) is 9.04. The fraction of sp³-hybridized carbons (Fsp3) is 0.375. The van der Waals surface area contributed by atoms with Crippen LogP contribution in [0.4, 0.5) is 0 Å². The second-order valence-electron chi connectivity index (χ2n) is 5.98. The molecule has 0 amide bonds. The predicted octanol–water partition coefficient (Wildman–Crippen LogP) is 2.19. The molecule has 1 aliphatic rings. The summed E-state index contributed by atoms with van der Waals surface area (Å²) in [4.78, 5) is 1.17. The van der Waals surface area contributed by atoms with E-state index in [1.54, 1.807) is 42.5 Å². The van der Waals surface area contributed by atoms with Crippen molar-refractivity contribution in [3.8, 4) is 0 Å². The van der Waals surface area contributed by atoms with Crippen LogP contribution in [0.25, 0.3) is 0 Å². The number of thiophene rings is 1. The second-order valence-corrected chi connectivity index (χ2v) is 11.1. The number of sulfonamides is 2. The highest BCUT2D eigenvalue weighted by atomic mass is 32.2. The largest absolute Gasteiger partial charge is 0.252 e. The third-order valence-electron chi connectivity index (χ3n) is 4.14. The summed E-state index contributed by atoms with van der Waals surface area (Å²) in [6.45, 7) is 2.48. The molecule has 0 radical (unpaired) electrons. The van der Waals surface area contributed by atoms with Crippen LogP contribution in [-0.4, -0.2) is 40.3 Å². The molecule has 1 aromatic heterocycles. The Labute approximate surface area is 152 Å². The van der Waals surface area contributed by atoms with Gasteiger partial charge in [-0.2, -0.15) is 4.31 Å². The smallest absolute Gasteiger partial charge is 0.208 e. The van der Waals surface area contributed by atoms with E-state index in [0.717, 1.165) is 4.88 Å². The summed E-state index contributed by atoms with van der Waals surface area (Å²) in [6.07, 6.45) is 0.908. The van der Waals surface area contributed by atoms with Crippen LogP contribution in [0.1, 0.15) is 17.7 Å². The van der Waals surface area contributed by atoms with Crippen molar-refractivity contribution in [3.63, 3.8) is 0 Å². The summed E-state index contributed by atoms with van der Waals surface area (Å²) in [5.74, 6) is 0. The highest BCUT2D eigenvalue weighted by Gasteiger charge is 2.32. The van der Waals surface area contributed by atoms with Gasteiger partial charge in [0.25, 0.3) is 10.0 Å². The van der Waals surface area contributed by atoms with Crippen molar-refractivity contribution >= 4 is 31.4 Å². The number of hydrogen-bond donors (Lipinski definition) is 1. The van der Waals surface area contributed by atoms with Gasteiger partial charge in [0.15, 0.2) is 0 Å². The average molecular weight is 401 g/mol. The zero-order valence-electron chi connectivity index (χ0n) is 13.8. The number of piperidine rings is 1. The Morgan fingerprint density at radius 2 is 1.64 bits per heavy atom. The van der Waals surface area contributed by atoms with Crippen LogP contribution in [-0.2, 0) is 20.0 Å². The van der Waals surface area contributed by atoms with Crippen LogP contribution in [0.2, 0.25) is 0 Å². The van der Waals surface area contributed by atoms with Gasteiger partial charge in [-0.3, -0.25) is 0 Å². The van der Waals surface area contributed by atoms with Crippen LogP contribution in [0, 0.1) is 6.92 Å². The lowest BCUT2D eigenvalue weighted by atomic mass is 10.1. The first-order valence-electron chi connectivity index (χ1n) is 7.93. The van der Waals surface area contributed by atoms with Gasteiger partial charge in [-0.25, -0.2) is 21.6 Å². The Bertz CT molecular complexity index is 929. The lowest BCUT2D eigenvalue weighted by Crippen LogP contribution is -2.46. The van der Waals surface area contributed by atoms with E-state index >= 15 is 0 Å². The molecule has 0 bridgehead atoms. The minimum Gasteiger partial charge on any atom is -0.208 e. The molecule has 0 atom stereocenters. The van der Waals surface area contributed by atoms with Gasteiger partial charge in [-0.15, -0.1) is 11.3 Å². The molecule has 1 fully saturated rings. The molecule has 0 spiro atoms. The zero-order chi connectivity index (χ0) is 18.1. The summed E-state index contributed by atoms with van der Waals surface area (Å²) in [5.41, 5.74) is 0. The van der Waals surface area contributed by atoms with Gasteiger partial charge < -0.3 is 0 Å². The van der Waals surface area contributed by atoms with Crippen molar-refractivity contribution < 1.29 is 16.8 Å². The molecule has 1 aliphatic heterocycles. The summed E-state index contributed by atoms with van der Waals surface area (Å²) in [7, 11) is -7.06. The van der Waals surface area contributed by atoms with E-state index in [4.69, 9.17) is 0 Å². The van der Waals surface area contributed by atoms with Crippen molar-refractivity contribution in [1.29, 1.82) is 0 Å². The Morgan fingerprint density at radius 3 is 2.20 bits per heavy atom. The first-order chi connectivity index (χ1) is 11.8. The van der Waals surface area contributed by atoms with E-state index in [1.807, 2.05) is 6.92 Å². The first-order valence-corrected chi connectivity index (χ1v) is 11.7. The molecule has 0 saturated carbocycles. The summed E-state index contributed by atoms with van der Waals surface area (Å²) in [6, 6.07) is 11.3. The molecule has 9 heteroatoms. The normalized spacial score (nSPS) is 17.6. The van der Waals surface area contributed by atoms with Crippen LogP contribution in [0.15, 0.2) is 51.6 Å². The third kappa shape index (κ3) is 4.12. The van der Waals surface area contributed by atoms with Gasteiger partial charge in [0.2, 0.25) is 10.0 Å². The molecule has 0 aliphatic carbocycles. The predicted molar refractivity (Wildman–Crippen MR) is 97.6 cm³/mol. The first kappa shape index (κ1) is 18.5. The quantitative estimate of drug-likeness (QED) is 0.834. The Morgan fingerprint density at radius 1 is 1.00 bits per heavy atom. The van der Waals surface area contributed by atoms with Crippen molar-refractivity contribution in [1.82, 2.24) is 9.03 Å². The lowest BCUT2D eigenvalue weighted by molar-refractivity contribution is 0.309. The van der Waals surface area contributed by atoms with Gasteiger partial charge >= 0.3 is 0 Å². The van der Waals surface area contributed by atoms with E-state index < -0.39 is 20.0 Å². The van der Waals surface area contributed by atoms with E-state index in [0.29, 0.717) is 30.1 Å².